The van der Waals surface area contributed by atoms with Crippen LogP contribution in [-0.4, -0.2) is 41.1 Å². The number of hydrogen-bond acceptors (Lipinski definition) is 4. The number of aromatic nitrogens is 2. The number of ketones is 1. The van der Waals surface area contributed by atoms with E-state index in [1.54, 1.807) is 36.4 Å². The molecule has 156 valence electrons. The van der Waals surface area contributed by atoms with Crippen molar-refractivity contribution in [2.45, 2.75) is 19.9 Å². The van der Waals surface area contributed by atoms with Crippen LogP contribution >= 0.6 is 23.2 Å². The van der Waals surface area contributed by atoms with Crippen molar-refractivity contribution < 1.29 is 4.79 Å². The van der Waals surface area contributed by atoms with Gasteiger partial charge in [0.05, 0.1) is 11.3 Å². The molecule has 0 amide bonds. The van der Waals surface area contributed by atoms with Crippen molar-refractivity contribution in [3.05, 3.63) is 74.5 Å². The molecule has 3 rings (SSSR count). The van der Waals surface area contributed by atoms with Crippen molar-refractivity contribution in [1.82, 2.24) is 14.7 Å². The van der Waals surface area contributed by atoms with Crippen LogP contribution in [0.15, 0.2) is 53.3 Å². The lowest BCUT2D eigenvalue weighted by Gasteiger charge is -2.17. The lowest BCUT2D eigenvalue weighted by Crippen LogP contribution is -2.31. The number of benzene rings is 2. The number of Topliss-reactive ketones (excluding diaryl/α,β-unsaturated/α-hetero) is 1. The van der Waals surface area contributed by atoms with Gasteiger partial charge in [-0.3, -0.25) is 9.59 Å². The third kappa shape index (κ3) is 4.98. The first-order chi connectivity index (χ1) is 14.3. The summed E-state index contributed by atoms with van der Waals surface area (Å²) in [6, 6.07) is 14.2. The van der Waals surface area contributed by atoms with Crippen LogP contribution in [0.3, 0.4) is 0 Å². The summed E-state index contributed by atoms with van der Waals surface area (Å²) in [6.07, 6.45) is 0.734. The largest absolute Gasteiger partial charge is 0.309 e. The van der Waals surface area contributed by atoms with Crippen LogP contribution in [0.2, 0.25) is 10.0 Å². The van der Waals surface area contributed by atoms with Gasteiger partial charge in [-0.25, -0.2) is 4.68 Å². The number of hydrogen-bond donors (Lipinski definition) is 0. The molecule has 0 fully saturated rings. The molecule has 5 nitrogen and oxygen atoms in total. The molecule has 0 atom stereocenters. The van der Waals surface area contributed by atoms with Gasteiger partial charge >= 0.3 is 0 Å². The van der Waals surface area contributed by atoms with Gasteiger partial charge in [0.25, 0.3) is 5.56 Å². The average molecular weight is 444 g/mol. The predicted octanol–water partition coefficient (Wildman–Crippen LogP) is 5.04. The summed E-state index contributed by atoms with van der Waals surface area (Å²) in [6.45, 7) is 2.63. The second-order valence-electron chi connectivity index (χ2n) is 7.35. The number of carbonyl (C=O) groups excluding carboxylic acids is 1. The fourth-order valence-corrected chi connectivity index (χ4v) is 3.54. The van der Waals surface area contributed by atoms with Crippen LogP contribution in [-0.2, 0) is 6.54 Å². The topological polar surface area (TPSA) is 55.2 Å². The highest BCUT2D eigenvalue weighted by Gasteiger charge is 2.23. The van der Waals surface area contributed by atoms with E-state index < -0.39 is 0 Å². The van der Waals surface area contributed by atoms with Gasteiger partial charge in [0.2, 0.25) is 0 Å². The Hall–Kier alpha value is -2.47. The van der Waals surface area contributed by atoms with E-state index in [0.717, 1.165) is 18.5 Å². The minimum atomic E-state index is -0.385. The fraction of sp³-hybridized carbons (Fsp3) is 0.261. The van der Waals surface area contributed by atoms with Crippen molar-refractivity contribution in [2.75, 3.05) is 20.6 Å². The maximum Gasteiger partial charge on any atom is 0.278 e. The molecule has 1 heterocycles. The Labute approximate surface area is 185 Å². The minimum Gasteiger partial charge on any atom is -0.309 e. The summed E-state index contributed by atoms with van der Waals surface area (Å²) in [5.41, 5.74) is 2.29. The zero-order valence-corrected chi connectivity index (χ0v) is 18.7. The van der Waals surface area contributed by atoms with Crippen LogP contribution in [0.5, 0.6) is 0 Å². The Kier molecular flexibility index (Phi) is 7.08. The Bertz CT molecular complexity index is 1110. The summed E-state index contributed by atoms with van der Waals surface area (Å²) in [5.74, 6) is -0.302. The summed E-state index contributed by atoms with van der Waals surface area (Å²) >= 11 is 12.1. The van der Waals surface area contributed by atoms with E-state index in [1.807, 2.05) is 31.1 Å². The molecule has 0 spiro atoms. The van der Waals surface area contributed by atoms with Gasteiger partial charge in [0.15, 0.2) is 5.78 Å². The molecule has 30 heavy (non-hydrogen) atoms. The van der Waals surface area contributed by atoms with E-state index in [-0.39, 0.29) is 16.9 Å². The fourth-order valence-electron chi connectivity index (χ4n) is 3.29. The number of carbonyl (C=O) groups is 1. The van der Waals surface area contributed by atoms with Crippen LogP contribution in [0.4, 0.5) is 0 Å². The zero-order valence-electron chi connectivity index (χ0n) is 17.2. The van der Waals surface area contributed by atoms with Crippen molar-refractivity contribution in [2.24, 2.45) is 0 Å². The first kappa shape index (κ1) is 22.2. The van der Waals surface area contributed by atoms with Crippen molar-refractivity contribution >= 4 is 29.0 Å². The first-order valence-corrected chi connectivity index (χ1v) is 10.4. The zero-order chi connectivity index (χ0) is 21.8. The summed E-state index contributed by atoms with van der Waals surface area (Å²) in [4.78, 5) is 27.8. The third-order valence-electron chi connectivity index (χ3n) is 4.73. The summed E-state index contributed by atoms with van der Waals surface area (Å²) in [7, 11) is 3.94. The van der Waals surface area contributed by atoms with E-state index in [0.29, 0.717) is 33.4 Å². The summed E-state index contributed by atoms with van der Waals surface area (Å²) < 4.78 is 1.39. The smallest absolute Gasteiger partial charge is 0.278 e. The Morgan fingerprint density at radius 1 is 0.967 bits per heavy atom. The van der Waals surface area contributed by atoms with Gasteiger partial charge in [-0.1, -0.05) is 47.5 Å². The molecular formula is C23H23Cl2N3O2. The van der Waals surface area contributed by atoms with Crippen molar-refractivity contribution in [1.29, 1.82) is 0 Å². The molecule has 0 saturated heterocycles. The Balaban J connectivity index is 2.28. The molecule has 0 aliphatic heterocycles. The van der Waals surface area contributed by atoms with Gasteiger partial charge in [-0.15, -0.1) is 0 Å². The maximum atomic E-state index is 13.2. The highest BCUT2D eigenvalue weighted by molar-refractivity contribution is 6.31. The van der Waals surface area contributed by atoms with Crippen molar-refractivity contribution in [3.63, 3.8) is 0 Å². The second-order valence-corrected chi connectivity index (χ2v) is 8.23. The molecule has 1 aromatic heterocycles. The SMILES string of the molecule is CC(=O)c1c(-c2ccc(Cl)cc2)c(-c2ccc(Cl)cc2)nn(CCCN(C)C)c1=O. The molecule has 0 unspecified atom stereocenters. The van der Waals surface area contributed by atoms with Crippen LogP contribution in [0.25, 0.3) is 22.4 Å². The van der Waals surface area contributed by atoms with E-state index in [1.165, 1.54) is 11.6 Å². The molecule has 0 aliphatic rings. The predicted molar refractivity (Wildman–Crippen MR) is 123 cm³/mol. The summed E-state index contributed by atoms with van der Waals surface area (Å²) in [5, 5.41) is 5.83. The molecular weight excluding hydrogens is 421 g/mol. The molecule has 0 aliphatic carbocycles. The molecule has 2 aromatic carbocycles. The van der Waals surface area contributed by atoms with Gasteiger partial charge in [0.1, 0.15) is 0 Å². The van der Waals surface area contributed by atoms with Gasteiger partial charge < -0.3 is 4.90 Å². The van der Waals surface area contributed by atoms with Gasteiger partial charge in [0, 0.05) is 27.7 Å². The van der Waals surface area contributed by atoms with E-state index in [2.05, 4.69) is 5.10 Å². The Morgan fingerprint density at radius 3 is 2.00 bits per heavy atom. The molecule has 0 N–H and O–H groups in total. The quantitative estimate of drug-likeness (QED) is 0.480. The number of halogens is 2. The maximum absolute atomic E-state index is 13.2. The van der Waals surface area contributed by atoms with Gasteiger partial charge in [-0.05, 0) is 63.8 Å². The number of rotatable bonds is 7. The molecule has 0 bridgehead atoms. The van der Waals surface area contributed by atoms with Crippen LogP contribution in [0.1, 0.15) is 23.7 Å². The third-order valence-corrected chi connectivity index (χ3v) is 5.24. The second kappa shape index (κ2) is 9.56. The lowest BCUT2D eigenvalue weighted by molar-refractivity contribution is 0.101. The van der Waals surface area contributed by atoms with Crippen molar-refractivity contribution in [3.8, 4) is 22.4 Å². The molecule has 0 saturated carbocycles. The molecule has 0 radical (unpaired) electrons. The highest BCUT2D eigenvalue weighted by atomic mass is 35.5. The lowest BCUT2D eigenvalue weighted by atomic mass is 9.94. The highest BCUT2D eigenvalue weighted by Crippen LogP contribution is 2.33. The molecule has 7 heteroatoms. The van der Waals surface area contributed by atoms with E-state index >= 15 is 0 Å². The average Bonchev–Trinajstić information content (AvgIpc) is 2.69. The number of aryl methyl sites for hydroxylation is 1. The Morgan fingerprint density at radius 2 is 1.50 bits per heavy atom. The number of nitrogens with zero attached hydrogens (tertiary/aromatic N) is 3. The molecule has 3 aromatic rings. The monoisotopic (exact) mass is 443 g/mol. The van der Waals surface area contributed by atoms with Crippen LogP contribution in [0, 0.1) is 0 Å². The van der Waals surface area contributed by atoms with Crippen LogP contribution < -0.4 is 5.56 Å². The minimum absolute atomic E-state index is 0.127. The first-order valence-electron chi connectivity index (χ1n) is 9.60. The van der Waals surface area contributed by atoms with E-state index in [4.69, 9.17) is 23.2 Å². The standard InChI is InChI=1S/C23H23Cl2N3O2/c1-15(29)20-21(16-5-9-18(24)10-6-16)22(17-7-11-19(25)12-8-17)26-28(23(20)30)14-4-13-27(2)3/h5-12H,4,13-14H2,1-3H3. The van der Waals surface area contributed by atoms with Gasteiger partial charge in [-0.2, -0.15) is 5.10 Å². The van der Waals surface area contributed by atoms with E-state index in [9.17, 15) is 9.59 Å². The normalized spacial score (nSPS) is 11.1.